The van der Waals surface area contributed by atoms with E-state index in [0.717, 1.165) is 54.0 Å². The normalized spacial score (nSPS) is 18.5. The first-order valence-electron chi connectivity index (χ1n) is 9.59. The number of pyridine rings is 1. The number of anilines is 1. The van der Waals surface area contributed by atoms with E-state index in [1.807, 2.05) is 24.3 Å². The SMILES string of the molecule is COc1ccc2nc(N3CCCCC3)c(/C=C3/C(=O)NC(=S)N3C(C)=O)cc2c1. The zero-order valence-corrected chi connectivity index (χ0v) is 17.2. The van der Waals surface area contributed by atoms with Crippen LogP contribution >= 0.6 is 12.2 Å². The highest BCUT2D eigenvalue weighted by Crippen LogP contribution is 2.31. The first-order chi connectivity index (χ1) is 14.0. The zero-order valence-electron chi connectivity index (χ0n) is 16.4. The Kier molecular flexibility index (Phi) is 5.19. The Labute approximate surface area is 174 Å². The fourth-order valence-corrected chi connectivity index (χ4v) is 4.09. The number of benzene rings is 1. The van der Waals surface area contributed by atoms with Gasteiger partial charge < -0.3 is 9.64 Å². The second-order valence-electron chi connectivity index (χ2n) is 7.15. The molecule has 0 radical (unpaired) electrons. The van der Waals surface area contributed by atoms with Crippen molar-refractivity contribution < 1.29 is 14.3 Å². The molecule has 4 rings (SSSR count). The Morgan fingerprint density at radius 3 is 2.69 bits per heavy atom. The summed E-state index contributed by atoms with van der Waals surface area (Å²) in [6, 6.07) is 7.70. The molecule has 2 aromatic rings. The van der Waals surface area contributed by atoms with E-state index in [1.165, 1.54) is 18.2 Å². The van der Waals surface area contributed by atoms with Crippen molar-refractivity contribution in [2.24, 2.45) is 0 Å². The van der Waals surface area contributed by atoms with E-state index >= 15 is 0 Å². The fourth-order valence-electron chi connectivity index (χ4n) is 3.77. The lowest BCUT2D eigenvalue weighted by molar-refractivity contribution is -0.125. The third-order valence-corrected chi connectivity index (χ3v) is 5.47. The van der Waals surface area contributed by atoms with Gasteiger partial charge in [0, 0.05) is 31.0 Å². The standard InChI is InChI=1S/C21H22N4O3S/c1-13(26)25-18(20(27)23-21(25)29)12-15-10-14-11-16(28-2)6-7-17(14)22-19(15)24-8-4-3-5-9-24/h6-7,10-12H,3-5,8-9H2,1-2H3,(H,23,27,29)/b18-12-. The summed E-state index contributed by atoms with van der Waals surface area (Å²) in [5, 5.41) is 3.54. The van der Waals surface area contributed by atoms with Crippen LogP contribution in [-0.2, 0) is 9.59 Å². The van der Waals surface area contributed by atoms with Gasteiger partial charge in [0.25, 0.3) is 5.91 Å². The number of ether oxygens (including phenoxy) is 1. The molecule has 2 aliphatic rings. The molecule has 29 heavy (non-hydrogen) atoms. The molecule has 0 atom stereocenters. The number of aromatic nitrogens is 1. The largest absolute Gasteiger partial charge is 0.497 e. The molecule has 1 aromatic heterocycles. The first-order valence-corrected chi connectivity index (χ1v) is 10.00. The zero-order chi connectivity index (χ0) is 20.5. The summed E-state index contributed by atoms with van der Waals surface area (Å²) < 4.78 is 5.33. The molecule has 0 aliphatic carbocycles. The molecule has 1 aromatic carbocycles. The highest BCUT2D eigenvalue weighted by molar-refractivity contribution is 7.80. The molecule has 0 saturated carbocycles. The molecule has 1 N–H and O–H groups in total. The number of hydrogen-bond donors (Lipinski definition) is 1. The van der Waals surface area contributed by atoms with Crippen LogP contribution in [0.1, 0.15) is 31.7 Å². The van der Waals surface area contributed by atoms with Crippen molar-refractivity contribution in [1.82, 2.24) is 15.2 Å². The number of fused-ring (bicyclic) bond motifs is 1. The second kappa shape index (κ2) is 7.79. The number of carbonyl (C=O) groups is 2. The molecule has 8 heteroatoms. The molecular formula is C21H22N4O3S. The minimum absolute atomic E-state index is 0.101. The van der Waals surface area contributed by atoms with Crippen molar-refractivity contribution in [3.05, 3.63) is 35.5 Å². The van der Waals surface area contributed by atoms with E-state index in [9.17, 15) is 9.59 Å². The van der Waals surface area contributed by atoms with Crippen molar-refractivity contribution >= 4 is 51.9 Å². The van der Waals surface area contributed by atoms with Crippen LogP contribution < -0.4 is 15.0 Å². The maximum Gasteiger partial charge on any atom is 0.274 e. The predicted molar refractivity (Wildman–Crippen MR) is 116 cm³/mol. The number of methoxy groups -OCH3 is 1. The molecule has 7 nitrogen and oxygen atoms in total. The van der Waals surface area contributed by atoms with Crippen LogP contribution in [0, 0.1) is 0 Å². The van der Waals surface area contributed by atoms with Crippen LogP contribution in [0.2, 0.25) is 0 Å². The van der Waals surface area contributed by atoms with Gasteiger partial charge in [-0.25, -0.2) is 4.98 Å². The van der Waals surface area contributed by atoms with Crippen molar-refractivity contribution in [1.29, 1.82) is 0 Å². The summed E-state index contributed by atoms with van der Waals surface area (Å²) in [5.41, 5.74) is 1.84. The van der Waals surface area contributed by atoms with Gasteiger partial charge in [-0.2, -0.15) is 0 Å². The van der Waals surface area contributed by atoms with E-state index in [-0.39, 0.29) is 22.6 Å². The van der Waals surface area contributed by atoms with Gasteiger partial charge >= 0.3 is 0 Å². The average Bonchev–Trinajstić information content (AvgIpc) is 3.00. The van der Waals surface area contributed by atoms with Gasteiger partial charge in [0.1, 0.15) is 17.3 Å². The monoisotopic (exact) mass is 410 g/mol. The predicted octanol–water partition coefficient (Wildman–Crippen LogP) is 2.84. The van der Waals surface area contributed by atoms with Crippen LogP contribution in [0.5, 0.6) is 5.75 Å². The summed E-state index contributed by atoms with van der Waals surface area (Å²) >= 11 is 5.14. The van der Waals surface area contributed by atoms with Crippen LogP contribution in [0.25, 0.3) is 17.0 Å². The second-order valence-corrected chi connectivity index (χ2v) is 7.54. The van der Waals surface area contributed by atoms with Gasteiger partial charge in [-0.05, 0) is 61.8 Å². The molecule has 2 amide bonds. The molecular weight excluding hydrogens is 388 g/mol. The number of thiocarbonyl (C=S) groups is 1. The molecule has 2 aliphatic heterocycles. The van der Waals surface area contributed by atoms with Gasteiger partial charge in [0.05, 0.1) is 12.6 Å². The maximum atomic E-state index is 12.4. The molecule has 0 unspecified atom stereocenters. The Bertz CT molecular complexity index is 1040. The highest BCUT2D eigenvalue weighted by atomic mass is 32.1. The number of nitrogens with one attached hydrogen (secondary N) is 1. The van der Waals surface area contributed by atoms with Crippen molar-refractivity contribution in [2.45, 2.75) is 26.2 Å². The Hall–Kier alpha value is -3.00. The fraction of sp³-hybridized carbons (Fsp3) is 0.333. The molecule has 3 heterocycles. The van der Waals surface area contributed by atoms with Crippen LogP contribution in [0.15, 0.2) is 30.0 Å². The quantitative estimate of drug-likeness (QED) is 0.620. The van der Waals surface area contributed by atoms with E-state index in [4.69, 9.17) is 21.9 Å². The summed E-state index contributed by atoms with van der Waals surface area (Å²) in [6.07, 6.45) is 5.10. The molecule has 0 spiro atoms. The lowest BCUT2D eigenvalue weighted by atomic mass is 10.1. The number of hydrogen-bond acceptors (Lipinski definition) is 6. The van der Waals surface area contributed by atoms with Gasteiger partial charge in [-0.3, -0.25) is 19.8 Å². The summed E-state index contributed by atoms with van der Waals surface area (Å²) in [4.78, 5) is 32.8. The maximum absolute atomic E-state index is 12.4. The number of rotatable bonds is 3. The number of carbonyl (C=O) groups excluding carboxylic acids is 2. The van der Waals surface area contributed by atoms with Crippen molar-refractivity contribution in [3.63, 3.8) is 0 Å². The van der Waals surface area contributed by atoms with Crippen LogP contribution in [0.3, 0.4) is 0 Å². The molecule has 0 bridgehead atoms. The number of amides is 2. The number of nitrogens with zero attached hydrogens (tertiary/aromatic N) is 3. The van der Waals surface area contributed by atoms with E-state index in [1.54, 1.807) is 13.2 Å². The third kappa shape index (κ3) is 3.67. The smallest absolute Gasteiger partial charge is 0.274 e. The first kappa shape index (κ1) is 19.3. The number of piperidine rings is 1. The lowest BCUT2D eigenvalue weighted by Gasteiger charge is -2.29. The lowest BCUT2D eigenvalue weighted by Crippen LogP contribution is -2.31. The van der Waals surface area contributed by atoms with E-state index in [2.05, 4.69) is 10.2 Å². The minimum atomic E-state index is -0.388. The van der Waals surface area contributed by atoms with Gasteiger partial charge in [0.15, 0.2) is 5.11 Å². The average molecular weight is 410 g/mol. The third-order valence-electron chi connectivity index (χ3n) is 5.19. The molecule has 2 fully saturated rings. The molecule has 2 saturated heterocycles. The van der Waals surface area contributed by atoms with Gasteiger partial charge in [-0.15, -0.1) is 0 Å². The summed E-state index contributed by atoms with van der Waals surface area (Å²) in [7, 11) is 1.62. The van der Waals surface area contributed by atoms with Crippen molar-refractivity contribution in [2.75, 3.05) is 25.1 Å². The summed E-state index contributed by atoms with van der Waals surface area (Å²) in [6.45, 7) is 3.20. The Balaban J connectivity index is 1.89. The summed E-state index contributed by atoms with van der Waals surface area (Å²) in [5.74, 6) is 0.841. The molecule has 150 valence electrons. The van der Waals surface area contributed by atoms with E-state index < -0.39 is 0 Å². The minimum Gasteiger partial charge on any atom is -0.497 e. The topological polar surface area (TPSA) is 74.8 Å². The van der Waals surface area contributed by atoms with E-state index in [0.29, 0.717) is 0 Å². The highest BCUT2D eigenvalue weighted by Gasteiger charge is 2.33. The van der Waals surface area contributed by atoms with Gasteiger partial charge in [-0.1, -0.05) is 0 Å². The van der Waals surface area contributed by atoms with Crippen LogP contribution in [0.4, 0.5) is 5.82 Å². The Morgan fingerprint density at radius 1 is 1.24 bits per heavy atom. The van der Waals surface area contributed by atoms with Crippen LogP contribution in [-0.4, -0.2) is 47.0 Å². The van der Waals surface area contributed by atoms with Gasteiger partial charge in [0.2, 0.25) is 5.91 Å². The van der Waals surface area contributed by atoms with Crippen molar-refractivity contribution in [3.8, 4) is 5.75 Å². The Morgan fingerprint density at radius 2 is 2.00 bits per heavy atom.